The minimum atomic E-state index is -0.117. The smallest absolute Gasteiger partial charge is 0.255 e. The third-order valence-corrected chi connectivity index (χ3v) is 5.42. The van der Waals surface area contributed by atoms with E-state index in [1.807, 2.05) is 30.6 Å². The number of thiazole rings is 1. The van der Waals surface area contributed by atoms with E-state index in [1.54, 1.807) is 35.5 Å². The Balaban J connectivity index is 1.47. The minimum absolute atomic E-state index is 0.117. The van der Waals surface area contributed by atoms with Crippen molar-refractivity contribution in [2.45, 2.75) is 19.1 Å². The zero-order chi connectivity index (χ0) is 17.5. The van der Waals surface area contributed by atoms with Crippen molar-refractivity contribution >= 4 is 29.0 Å². The highest BCUT2D eigenvalue weighted by atomic mass is 32.2. The maximum absolute atomic E-state index is 12.2. The maximum atomic E-state index is 12.2. The molecule has 3 aromatic heterocycles. The van der Waals surface area contributed by atoms with Crippen molar-refractivity contribution in [3.05, 3.63) is 68.3 Å². The molecule has 3 rings (SSSR count). The molecule has 0 atom stereocenters. The number of nitrogens with zero attached hydrogens (tertiary/aromatic N) is 3. The molecule has 0 amide bonds. The summed E-state index contributed by atoms with van der Waals surface area (Å²) in [5.74, 6) is 2.33. The largest absolute Gasteiger partial charge is 0.355 e. The lowest BCUT2D eigenvalue weighted by Gasteiger charge is -2.06. The van der Waals surface area contributed by atoms with Gasteiger partial charge in [-0.2, -0.15) is 11.8 Å². The zero-order valence-electron chi connectivity index (χ0n) is 13.9. The van der Waals surface area contributed by atoms with Gasteiger partial charge in [-0.15, -0.1) is 11.3 Å². The van der Waals surface area contributed by atoms with E-state index in [-0.39, 0.29) is 5.56 Å². The van der Waals surface area contributed by atoms with Crippen LogP contribution in [0.2, 0.25) is 0 Å². The minimum Gasteiger partial charge on any atom is -0.355 e. The summed E-state index contributed by atoms with van der Waals surface area (Å²) in [5.41, 5.74) is 2.48. The summed E-state index contributed by atoms with van der Waals surface area (Å²) in [4.78, 5) is 27.8. The van der Waals surface area contributed by atoms with Gasteiger partial charge in [0, 0.05) is 59.7 Å². The highest BCUT2D eigenvalue weighted by Gasteiger charge is 2.04. The number of H-pyrrole nitrogens is 1. The number of nitrogens with one attached hydrogen (secondary N) is 2. The van der Waals surface area contributed by atoms with Crippen molar-refractivity contribution in [3.63, 3.8) is 0 Å². The molecule has 0 aliphatic carbocycles. The van der Waals surface area contributed by atoms with Gasteiger partial charge in [0.05, 0.1) is 0 Å². The van der Waals surface area contributed by atoms with Gasteiger partial charge in [-0.3, -0.25) is 14.8 Å². The fraction of sp³-hybridized carbons (Fsp3) is 0.294. The Kier molecular flexibility index (Phi) is 6.19. The van der Waals surface area contributed by atoms with Gasteiger partial charge in [-0.25, -0.2) is 9.97 Å². The van der Waals surface area contributed by atoms with Gasteiger partial charge in [-0.05, 0) is 18.6 Å². The SMILES string of the molecule is Cc1ccc(Cc2cnc(NCCSCc3nccs3)[nH]c2=O)cn1. The standard InChI is InChI=1S/C17H19N5OS2/c1-12-2-3-13(9-20-12)8-14-10-21-17(22-16(14)23)19-4-6-24-11-15-18-5-7-25-15/h2-3,5,7,9-10H,4,6,8,11H2,1H3,(H2,19,21,22,23). The topological polar surface area (TPSA) is 83.6 Å². The van der Waals surface area contributed by atoms with Crippen LogP contribution in [0.25, 0.3) is 0 Å². The summed E-state index contributed by atoms with van der Waals surface area (Å²) in [6, 6.07) is 3.92. The highest BCUT2D eigenvalue weighted by Crippen LogP contribution is 2.13. The first kappa shape index (κ1) is 17.6. The van der Waals surface area contributed by atoms with Crippen LogP contribution in [0.15, 0.2) is 40.9 Å². The number of rotatable bonds is 8. The molecule has 0 aromatic carbocycles. The molecule has 0 saturated heterocycles. The molecule has 25 heavy (non-hydrogen) atoms. The second kappa shape index (κ2) is 8.77. The number of pyridine rings is 1. The Morgan fingerprint density at radius 2 is 2.16 bits per heavy atom. The first-order chi connectivity index (χ1) is 12.2. The van der Waals surface area contributed by atoms with Crippen LogP contribution in [0.3, 0.4) is 0 Å². The summed E-state index contributed by atoms with van der Waals surface area (Å²) >= 11 is 3.46. The molecular formula is C17H19N5OS2. The van der Waals surface area contributed by atoms with Crippen LogP contribution in [0.1, 0.15) is 21.8 Å². The second-order valence-electron chi connectivity index (χ2n) is 5.48. The van der Waals surface area contributed by atoms with Crippen molar-refractivity contribution in [2.24, 2.45) is 0 Å². The molecule has 0 radical (unpaired) electrons. The Labute approximate surface area is 154 Å². The third kappa shape index (κ3) is 5.40. The molecule has 0 fully saturated rings. The molecule has 0 aliphatic heterocycles. The van der Waals surface area contributed by atoms with E-state index in [9.17, 15) is 4.79 Å². The molecule has 130 valence electrons. The van der Waals surface area contributed by atoms with Crippen LogP contribution < -0.4 is 10.9 Å². The number of hydrogen-bond acceptors (Lipinski definition) is 7. The Bertz CT molecular complexity index is 846. The number of hydrogen-bond donors (Lipinski definition) is 2. The van der Waals surface area contributed by atoms with Gasteiger partial charge >= 0.3 is 0 Å². The lowest BCUT2D eigenvalue weighted by Crippen LogP contribution is -2.18. The van der Waals surface area contributed by atoms with Gasteiger partial charge < -0.3 is 5.32 Å². The Hall–Kier alpha value is -2.19. The van der Waals surface area contributed by atoms with Crippen LogP contribution in [0.5, 0.6) is 0 Å². The average molecular weight is 374 g/mol. The Morgan fingerprint density at radius 1 is 1.24 bits per heavy atom. The van der Waals surface area contributed by atoms with E-state index < -0.39 is 0 Å². The normalized spacial score (nSPS) is 10.8. The van der Waals surface area contributed by atoms with Crippen LogP contribution in [-0.2, 0) is 12.2 Å². The van der Waals surface area contributed by atoms with Gasteiger partial charge in [0.25, 0.3) is 5.56 Å². The second-order valence-corrected chi connectivity index (χ2v) is 7.56. The summed E-state index contributed by atoms with van der Waals surface area (Å²) in [6.45, 7) is 2.67. The van der Waals surface area contributed by atoms with Crippen LogP contribution >= 0.6 is 23.1 Å². The number of aromatic nitrogens is 4. The van der Waals surface area contributed by atoms with E-state index in [1.165, 1.54) is 0 Å². The van der Waals surface area contributed by atoms with Gasteiger partial charge in [0.2, 0.25) is 5.95 Å². The van der Waals surface area contributed by atoms with Crippen molar-refractivity contribution in [1.82, 2.24) is 19.9 Å². The van der Waals surface area contributed by atoms with Crippen molar-refractivity contribution in [3.8, 4) is 0 Å². The molecule has 2 N–H and O–H groups in total. The Morgan fingerprint density at radius 3 is 2.88 bits per heavy atom. The molecule has 0 saturated carbocycles. The van der Waals surface area contributed by atoms with Crippen molar-refractivity contribution in [1.29, 1.82) is 0 Å². The fourth-order valence-electron chi connectivity index (χ4n) is 2.19. The zero-order valence-corrected chi connectivity index (χ0v) is 15.5. The van der Waals surface area contributed by atoms with E-state index in [4.69, 9.17) is 0 Å². The summed E-state index contributed by atoms with van der Waals surface area (Å²) in [7, 11) is 0. The predicted molar refractivity (Wildman–Crippen MR) is 103 cm³/mol. The number of aryl methyl sites for hydroxylation is 1. The maximum Gasteiger partial charge on any atom is 0.255 e. The van der Waals surface area contributed by atoms with Gasteiger partial charge in [0.15, 0.2) is 0 Å². The predicted octanol–water partition coefficient (Wildman–Crippen LogP) is 2.87. The van der Waals surface area contributed by atoms with Crippen LogP contribution in [-0.4, -0.2) is 32.2 Å². The highest BCUT2D eigenvalue weighted by molar-refractivity contribution is 7.98. The lowest BCUT2D eigenvalue weighted by atomic mass is 10.1. The molecule has 8 heteroatoms. The molecule has 6 nitrogen and oxygen atoms in total. The molecule has 0 spiro atoms. The van der Waals surface area contributed by atoms with Gasteiger partial charge in [-0.1, -0.05) is 6.07 Å². The monoisotopic (exact) mass is 373 g/mol. The van der Waals surface area contributed by atoms with Crippen molar-refractivity contribution < 1.29 is 0 Å². The average Bonchev–Trinajstić information content (AvgIpc) is 3.12. The summed E-state index contributed by atoms with van der Waals surface area (Å²) in [6.07, 6.45) is 5.77. The lowest BCUT2D eigenvalue weighted by molar-refractivity contribution is 0.999. The van der Waals surface area contributed by atoms with Crippen molar-refractivity contribution in [2.75, 3.05) is 17.6 Å². The summed E-state index contributed by atoms with van der Waals surface area (Å²) < 4.78 is 0. The van der Waals surface area contributed by atoms with E-state index in [0.717, 1.165) is 34.3 Å². The fourth-order valence-corrected chi connectivity index (χ4v) is 3.75. The molecule has 3 heterocycles. The van der Waals surface area contributed by atoms with E-state index in [0.29, 0.717) is 17.9 Å². The number of anilines is 1. The summed E-state index contributed by atoms with van der Waals surface area (Å²) in [5, 5.41) is 6.26. The van der Waals surface area contributed by atoms with Crippen LogP contribution in [0, 0.1) is 6.92 Å². The molecule has 0 unspecified atom stereocenters. The van der Waals surface area contributed by atoms with Gasteiger partial charge in [0.1, 0.15) is 5.01 Å². The molecular weight excluding hydrogens is 354 g/mol. The number of aromatic amines is 1. The number of thioether (sulfide) groups is 1. The van der Waals surface area contributed by atoms with E-state index >= 15 is 0 Å². The molecule has 3 aromatic rings. The quantitative estimate of drug-likeness (QED) is 0.591. The molecule has 0 aliphatic rings. The van der Waals surface area contributed by atoms with Crippen LogP contribution in [0.4, 0.5) is 5.95 Å². The first-order valence-electron chi connectivity index (χ1n) is 7.90. The van der Waals surface area contributed by atoms with E-state index in [2.05, 4.69) is 25.3 Å². The molecule has 0 bridgehead atoms. The third-order valence-electron chi connectivity index (χ3n) is 3.49. The first-order valence-corrected chi connectivity index (χ1v) is 9.94.